The fourth-order valence-electron chi connectivity index (χ4n) is 3.12. The van der Waals surface area contributed by atoms with Crippen LogP contribution in [0.25, 0.3) is 0 Å². The van der Waals surface area contributed by atoms with Gasteiger partial charge in [0, 0.05) is 17.9 Å². The Morgan fingerprint density at radius 1 is 0.958 bits per heavy atom. The topological polar surface area (TPSA) is 46.2 Å². The van der Waals surface area contributed by atoms with Crippen molar-refractivity contribution >= 4 is 13.2 Å². The third-order valence-electron chi connectivity index (χ3n) is 4.89. The molecule has 0 saturated heterocycles. The fraction of sp³-hybridized carbons (Fsp3) is 0.850. The first-order chi connectivity index (χ1) is 11.3. The Kier molecular flexibility index (Phi) is 12.5. The normalized spacial score (nSPS) is 16.2. The molecule has 0 aromatic rings. The van der Waals surface area contributed by atoms with Crippen LogP contribution >= 0.6 is 7.29 Å². The number of nitrogens with one attached hydrogen (secondary N) is 1. The Labute approximate surface area is 150 Å². The summed E-state index contributed by atoms with van der Waals surface area (Å²) in [6, 6.07) is 0. The highest BCUT2D eigenvalue weighted by molar-refractivity contribution is 7.62. The maximum Gasteiger partial charge on any atom is 0.251 e. The van der Waals surface area contributed by atoms with E-state index in [9.17, 15) is 9.36 Å². The third-order valence-corrected chi connectivity index (χ3v) is 7.71. The molecule has 142 valence electrons. The van der Waals surface area contributed by atoms with Crippen LogP contribution in [0.1, 0.15) is 86.0 Å². The average molecular weight is 358 g/mol. The van der Waals surface area contributed by atoms with E-state index in [1.54, 1.807) is 6.92 Å². The van der Waals surface area contributed by atoms with Gasteiger partial charge in [-0.05, 0) is 31.6 Å². The lowest BCUT2D eigenvalue weighted by atomic mass is 10.0. The van der Waals surface area contributed by atoms with Crippen molar-refractivity contribution < 1.29 is 9.36 Å². The van der Waals surface area contributed by atoms with Gasteiger partial charge in [0.2, 0.25) is 0 Å². The second kappa shape index (κ2) is 12.8. The van der Waals surface area contributed by atoms with Gasteiger partial charge >= 0.3 is 0 Å². The molecule has 0 aromatic carbocycles. The predicted octanol–water partition coefficient (Wildman–Crippen LogP) is 6.39. The molecule has 0 saturated carbocycles. The second-order valence-electron chi connectivity index (χ2n) is 7.31. The van der Waals surface area contributed by atoms with E-state index in [0.717, 1.165) is 38.5 Å². The van der Waals surface area contributed by atoms with Gasteiger partial charge < -0.3 is 9.65 Å². The molecule has 3 nitrogen and oxygen atoms in total. The molecule has 0 aromatic heterocycles. The van der Waals surface area contributed by atoms with Gasteiger partial charge in [0.25, 0.3) is 5.91 Å². The van der Waals surface area contributed by atoms with Crippen molar-refractivity contribution in [2.75, 3.05) is 12.3 Å². The predicted molar refractivity (Wildman–Crippen MR) is 107 cm³/mol. The average Bonchev–Trinajstić information content (AvgIpc) is 2.55. The van der Waals surface area contributed by atoms with Crippen LogP contribution in [0.4, 0.5) is 0 Å². The molecule has 0 fully saturated rings. The molecule has 2 atom stereocenters. The van der Waals surface area contributed by atoms with Crippen molar-refractivity contribution in [2.45, 2.75) is 86.0 Å². The van der Waals surface area contributed by atoms with Gasteiger partial charge in [-0.3, -0.25) is 4.79 Å². The molecule has 0 aliphatic heterocycles. The first kappa shape index (κ1) is 23.4. The lowest BCUT2D eigenvalue weighted by Crippen LogP contribution is -2.28. The summed E-state index contributed by atoms with van der Waals surface area (Å²) in [4.78, 5) is 12.1. The molecular weight excluding hydrogens is 317 g/mol. The maximum atomic E-state index is 13.6. The van der Waals surface area contributed by atoms with Gasteiger partial charge in [-0.2, -0.15) is 0 Å². The number of carbonyl (C=O) groups is 1. The van der Waals surface area contributed by atoms with Crippen molar-refractivity contribution in [3.05, 3.63) is 12.2 Å². The first-order valence-electron chi connectivity index (χ1n) is 9.87. The summed E-state index contributed by atoms with van der Waals surface area (Å²) in [5.74, 6) is 0.629. The van der Waals surface area contributed by atoms with E-state index in [1.807, 2.05) is 0 Å². The number of unbranched alkanes of at least 4 members (excludes halogenated alkanes) is 2. The Bertz CT molecular complexity index is 398. The third kappa shape index (κ3) is 9.67. The summed E-state index contributed by atoms with van der Waals surface area (Å²) >= 11 is 0. The minimum absolute atomic E-state index is 0.242. The van der Waals surface area contributed by atoms with E-state index in [2.05, 4.69) is 39.4 Å². The van der Waals surface area contributed by atoms with Gasteiger partial charge in [0.1, 0.15) is 0 Å². The molecule has 0 radical (unpaired) electrons. The van der Waals surface area contributed by atoms with Crippen molar-refractivity contribution in [3.8, 4) is 0 Å². The molecule has 2 unspecified atom stereocenters. The van der Waals surface area contributed by atoms with Gasteiger partial charge in [-0.1, -0.05) is 72.8 Å². The van der Waals surface area contributed by atoms with Crippen LogP contribution in [0.3, 0.4) is 0 Å². The minimum Gasteiger partial charge on any atom is -0.303 e. The maximum absolute atomic E-state index is 13.6. The van der Waals surface area contributed by atoms with Crippen molar-refractivity contribution in [1.29, 1.82) is 0 Å². The SMILES string of the molecule is C=C(C)C(=O)NP(=O)(CC(CC)CCCC)CC(CC)CCCC. The van der Waals surface area contributed by atoms with E-state index >= 15 is 0 Å². The van der Waals surface area contributed by atoms with Crippen LogP contribution in [0, 0.1) is 11.8 Å². The van der Waals surface area contributed by atoms with E-state index in [1.165, 1.54) is 12.8 Å². The summed E-state index contributed by atoms with van der Waals surface area (Å²) in [7, 11) is -2.72. The van der Waals surface area contributed by atoms with Crippen LogP contribution in [-0.4, -0.2) is 18.2 Å². The number of amides is 1. The smallest absolute Gasteiger partial charge is 0.251 e. The highest BCUT2D eigenvalue weighted by Gasteiger charge is 2.30. The van der Waals surface area contributed by atoms with Gasteiger partial charge in [0.05, 0.1) is 0 Å². The highest BCUT2D eigenvalue weighted by atomic mass is 31.2. The standard InChI is InChI=1S/C20H40NO2P/c1-7-11-13-18(9-3)15-24(23,21-20(22)17(5)6)16-19(10-4)14-12-8-2/h18-19H,5,7-16H2,1-4,6H3,(H,21,22,23). The Hall–Kier alpha value is -0.560. The molecule has 1 amide bonds. The summed E-state index contributed by atoms with van der Waals surface area (Å²) in [5, 5.41) is 2.89. The van der Waals surface area contributed by atoms with E-state index in [4.69, 9.17) is 0 Å². The summed E-state index contributed by atoms with van der Waals surface area (Å²) in [6.45, 7) is 14.1. The molecule has 24 heavy (non-hydrogen) atoms. The number of hydrogen-bond donors (Lipinski definition) is 1. The molecular formula is C20H40NO2P. The molecule has 0 aliphatic rings. The number of rotatable bonds is 14. The summed E-state index contributed by atoms with van der Waals surface area (Å²) < 4.78 is 13.6. The largest absolute Gasteiger partial charge is 0.303 e. The van der Waals surface area contributed by atoms with E-state index in [-0.39, 0.29) is 5.91 Å². The zero-order chi connectivity index (χ0) is 18.6. The van der Waals surface area contributed by atoms with Crippen molar-refractivity contribution in [1.82, 2.24) is 5.09 Å². The van der Waals surface area contributed by atoms with Crippen LogP contribution in [0.15, 0.2) is 12.2 Å². The van der Waals surface area contributed by atoms with Crippen LogP contribution < -0.4 is 5.09 Å². The van der Waals surface area contributed by atoms with Crippen LogP contribution in [0.2, 0.25) is 0 Å². The fourth-order valence-corrected chi connectivity index (χ4v) is 6.56. The van der Waals surface area contributed by atoms with E-state index in [0.29, 0.717) is 29.7 Å². The zero-order valence-corrected chi connectivity index (χ0v) is 17.6. The van der Waals surface area contributed by atoms with E-state index < -0.39 is 7.29 Å². The Balaban J connectivity index is 5.14. The van der Waals surface area contributed by atoms with Crippen molar-refractivity contribution in [3.63, 3.8) is 0 Å². The lowest BCUT2D eigenvalue weighted by molar-refractivity contribution is -0.115. The summed E-state index contributed by atoms with van der Waals surface area (Å²) in [6.07, 6.45) is 10.2. The quantitative estimate of drug-likeness (QED) is 0.289. The Morgan fingerprint density at radius 2 is 1.38 bits per heavy atom. The first-order valence-corrected chi connectivity index (χ1v) is 12.0. The van der Waals surface area contributed by atoms with Crippen molar-refractivity contribution in [2.24, 2.45) is 11.8 Å². The highest BCUT2D eigenvalue weighted by Crippen LogP contribution is 2.47. The van der Waals surface area contributed by atoms with Gasteiger partial charge in [-0.25, -0.2) is 0 Å². The summed E-state index contributed by atoms with van der Waals surface area (Å²) in [5.41, 5.74) is 0.443. The van der Waals surface area contributed by atoms with Crippen LogP contribution in [-0.2, 0) is 9.36 Å². The van der Waals surface area contributed by atoms with Gasteiger partial charge in [0.15, 0.2) is 7.29 Å². The van der Waals surface area contributed by atoms with Crippen LogP contribution in [0.5, 0.6) is 0 Å². The molecule has 0 heterocycles. The molecule has 0 spiro atoms. The zero-order valence-electron chi connectivity index (χ0n) is 16.7. The minimum atomic E-state index is -2.72. The molecule has 0 bridgehead atoms. The molecule has 1 N–H and O–H groups in total. The Morgan fingerprint density at radius 3 is 1.67 bits per heavy atom. The molecule has 0 rings (SSSR count). The van der Waals surface area contributed by atoms with Gasteiger partial charge in [-0.15, -0.1) is 0 Å². The molecule has 0 aliphatic carbocycles. The number of hydrogen-bond acceptors (Lipinski definition) is 2. The second-order valence-corrected chi connectivity index (χ2v) is 10.0. The number of carbonyl (C=O) groups excluding carboxylic acids is 1. The monoisotopic (exact) mass is 357 g/mol. The molecule has 4 heteroatoms. The lowest BCUT2D eigenvalue weighted by Gasteiger charge is -2.28.